The molecule has 2 aromatic carbocycles. The molecular formula is C22H28N3O7P. The van der Waals surface area contributed by atoms with Crippen molar-refractivity contribution in [2.45, 2.75) is 44.7 Å². The average molecular weight is 477 g/mol. The number of hydrogen-bond donors (Lipinski definition) is 5. The van der Waals surface area contributed by atoms with Crippen LogP contribution in [0.1, 0.15) is 25.0 Å². The number of ether oxygens (including phenoxy) is 1. The van der Waals surface area contributed by atoms with Crippen LogP contribution in [0.3, 0.4) is 0 Å². The second-order valence-electron chi connectivity index (χ2n) is 7.43. The molecule has 5 N–H and O–H groups in total. The predicted molar refractivity (Wildman–Crippen MR) is 122 cm³/mol. The van der Waals surface area contributed by atoms with Gasteiger partial charge in [-0.3, -0.25) is 14.2 Å². The highest BCUT2D eigenvalue weighted by molar-refractivity contribution is 7.38. The van der Waals surface area contributed by atoms with Gasteiger partial charge in [0.05, 0.1) is 0 Å². The third-order valence-corrected chi connectivity index (χ3v) is 5.56. The molecule has 0 radical (unpaired) electrons. The number of amides is 3. The van der Waals surface area contributed by atoms with Crippen molar-refractivity contribution >= 4 is 25.9 Å². The van der Waals surface area contributed by atoms with Crippen LogP contribution < -0.4 is 16.0 Å². The number of rotatable bonds is 10. The van der Waals surface area contributed by atoms with E-state index in [2.05, 4.69) is 16.0 Å². The van der Waals surface area contributed by atoms with E-state index in [1.807, 2.05) is 6.07 Å². The minimum Gasteiger partial charge on any atom is -0.508 e. The zero-order valence-electron chi connectivity index (χ0n) is 18.3. The van der Waals surface area contributed by atoms with E-state index < -0.39 is 43.8 Å². The summed E-state index contributed by atoms with van der Waals surface area (Å²) >= 11 is 0. The number of alkyl carbamates (subject to hydrolysis) is 1. The fraction of sp³-hybridized carbons (Fsp3) is 0.318. The van der Waals surface area contributed by atoms with Crippen molar-refractivity contribution < 1.29 is 33.7 Å². The van der Waals surface area contributed by atoms with E-state index in [9.17, 15) is 24.1 Å². The van der Waals surface area contributed by atoms with E-state index in [0.717, 1.165) is 5.56 Å². The van der Waals surface area contributed by atoms with Crippen LogP contribution in [0.4, 0.5) is 4.79 Å². The Morgan fingerprint density at radius 2 is 1.55 bits per heavy atom. The molecule has 0 bridgehead atoms. The lowest BCUT2D eigenvalue weighted by atomic mass is 10.0. The Bertz CT molecular complexity index is 970. The number of nitrogens with one attached hydrogen (secondary N) is 3. The minimum absolute atomic E-state index is 0.0112. The molecule has 2 unspecified atom stereocenters. The molecule has 0 aliphatic rings. The normalized spacial score (nSPS) is 14.3. The Balaban J connectivity index is 2.04. The molecule has 0 fully saturated rings. The first-order chi connectivity index (χ1) is 15.7. The van der Waals surface area contributed by atoms with Gasteiger partial charge in [0.1, 0.15) is 30.2 Å². The number of hydrogen-bond acceptors (Lipinski definition) is 6. The van der Waals surface area contributed by atoms with Crippen LogP contribution in [0.25, 0.3) is 0 Å². The summed E-state index contributed by atoms with van der Waals surface area (Å²) in [4.78, 5) is 46.5. The lowest BCUT2D eigenvalue weighted by Gasteiger charge is -2.22. The van der Waals surface area contributed by atoms with Crippen LogP contribution in [-0.2, 0) is 31.9 Å². The lowest BCUT2D eigenvalue weighted by molar-refractivity contribution is -0.129. The number of carbonyl (C=O) groups excluding carboxylic acids is 3. The summed E-state index contributed by atoms with van der Waals surface area (Å²) in [5.74, 6) is -2.18. The topological polar surface area (TPSA) is 154 Å². The standard InChI is InChI=1S/C22H28N3O7P/c1-14(20(27)24-15(2)33(30)31)23-21(28)19(12-16-8-10-18(26)11-9-16)25-22(29)32-13-17-6-4-3-5-7-17/h3-11,14-15,19,26,33H,12-13H2,1-2H3,(H,23,28)(H,24,27)(H,25,29)(H,30,31)/t14-,15+,19?/m0/s1. The van der Waals surface area contributed by atoms with Crippen LogP contribution in [0.2, 0.25) is 0 Å². The zero-order valence-corrected chi connectivity index (χ0v) is 19.3. The molecule has 3 amide bonds. The molecule has 0 spiro atoms. The van der Waals surface area contributed by atoms with E-state index in [-0.39, 0.29) is 18.8 Å². The Hall–Kier alpha value is -3.36. The van der Waals surface area contributed by atoms with E-state index in [1.54, 1.807) is 36.4 Å². The van der Waals surface area contributed by atoms with Crippen molar-refractivity contribution in [3.63, 3.8) is 0 Å². The molecule has 33 heavy (non-hydrogen) atoms. The van der Waals surface area contributed by atoms with Gasteiger partial charge < -0.3 is 30.7 Å². The molecular weight excluding hydrogens is 449 g/mol. The van der Waals surface area contributed by atoms with Gasteiger partial charge in [-0.05, 0) is 37.1 Å². The van der Waals surface area contributed by atoms with Crippen molar-refractivity contribution in [1.29, 1.82) is 0 Å². The summed E-state index contributed by atoms with van der Waals surface area (Å²) in [5, 5.41) is 16.8. The quantitative estimate of drug-likeness (QED) is 0.326. The molecule has 2 rings (SSSR count). The molecule has 0 heterocycles. The molecule has 0 saturated heterocycles. The van der Waals surface area contributed by atoms with Crippen LogP contribution in [0.15, 0.2) is 54.6 Å². The van der Waals surface area contributed by atoms with Crippen LogP contribution >= 0.6 is 8.03 Å². The summed E-state index contributed by atoms with van der Waals surface area (Å²) in [7, 11) is -2.96. The third-order valence-electron chi connectivity index (χ3n) is 4.68. The van der Waals surface area contributed by atoms with Crippen molar-refractivity contribution in [2.75, 3.05) is 0 Å². The van der Waals surface area contributed by atoms with Crippen molar-refractivity contribution in [2.24, 2.45) is 0 Å². The fourth-order valence-corrected chi connectivity index (χ4v) is 3.03. The van der Waals surface area contributed by atoms with Crippen LogP contribution in [0.5, 0.6) is 5.75 Å². The van der Waals surface area contributed by atoms with Crippen molar-refractivity contribution in [3.05, 3.63) is 65.7 Å². The van der Waals surface area contributed by atoms with Gasteiger partial charge in [0, 0.05) is 6.42 Å². The SMILES string of the molecule is C[C@H](NC(=O)C(Cc1ccc(O)cc1)NC(=O)OCc1ccccc1)C(=O)N[C@@H](C)[PH](=O)O. The smallest absolute Gasteiger partial charge is 0.408 e. The Morgan fingerprint density at radius 3 is 2.15 bits per heavy atom. The van der Waals surface area contributed by atoms with E-state index >= 15 is 0 Å². The third kappa shape index (κ3) is 8.96. The summed E-state index contributed by atoms with van der Waals surface area (Å²) in [6, 6.07) is 13.0. The molecule has 0 aliphatic heterocycles. The highest BCUT2D eigenvalue weighted by Crippen LogP contribution is 2.18. The molecule has 11 heteroatoms. The Labute approximate surface area is 192 Å². The maximum absolute atomic E-state index is 12.8. The van der Waals surface area contributed by atoms with E-state index in [0.29, 0.717) is 5.56 Å². The highest BCUT2D eigenvalue weighted by atomic mass is 31.1. The summed E-state index contributed by atoms with van der Waals surface area (Å²) in [6.07, 6.45) is -0.746. The summed E-state index contributed by atoms with van der Waals surface area (Å²) in [6.45, 7) is 2.81. The molecule has 0 aromatic heterocycles. The Kier molecular flexibility index (Phi) is 9.90. The zero-order chi connectivity index (χ0) is 24.4. The lowest BCUT2D eigenvalue weighted by Crippen LogP contribution is -2.54. The van der Waals surface area contributed by atoms with Gasteiger partial charge in [0.15, 0.2) is 0 Å². The second kappa shape index (κ2) is 12.6. The maximum Gasteiger partial charge on any atom is 0.408 e. The number of benzene rings is 2. The van der Waals surface area contributed by atoms with Gasteiger partial charge in [-0.15, -0.1) is 0 Å². The van der Waals surface area contributed by atoms with Crippen molar-refractivity contribution in [1.82, 2.24) is 16.0 Å². The van der Waals surface area contributed by atoms with Crippen LogP contribution in [-0.4, -0.2) is 45.8 Å². The average Bonchev–Trinajstić information content (AvgIpc) is 2.79. The van der Waals surface area contributed by atoms with Gasteiger partial charge in [0.2, 0.25) is 19.8 Å². The second-order valence-corrected chi connectivity index (χ2v) is 8.97. The van der Waals surface area contributed by atoms with E-state index in [4.69, 9.17) is 9.63 Å². The number of phenols is 1. The number of carbonyl (C=O) groups is 3. The number of phenolic OH excluding ortho intramolecular Hbond substituents is 1. The maximum atomic E-state index is 12.8. The first-order valence-electron chi connectivity index (χ1n) is 10.2. The first-order valence-corrected chi connectivity index (χ1v) is 11.7. The van der Waals surface area contributed by atoms with Crippen LogP contribution in [0, 0.1) is 0 Å². The predicted octanol–water partition coefficient (Wildman–Crippen LogP) is 1.66. The van der Waals surface area contributed by atoms with Gasteiger partial charge >= 0.3 is 6.09 Å². The molecule has 10 nitrogen and oxygen atoms in total. The largest absolute Gasteiger partial charge is 0.508 e. The van der Waals surface area contributed by atoms with Gasteiger partial charge in [-0.2, -0.15) is 0 Å². The van der Waals surface area contributed by atoms with Crippen molar-refractivity contribution in [3.8, 4) is 5.75 Å². The summed E-state index contributed by atoms with van der Waals surface area (Å²) in [5.41, 5.74) is 1.43. The highest BCUT2D eigenvalue weighted by Gasteiger charge is 2.26. The first kappa shape index (κ1) is 25.9. The van der Waals surface area contributed by atoms with Gasteiger partial charge in [-0.25, -0.2) is 4.79 Å². The van der Waals surface area contributed by atoms with Gasteiger partial charge in [-0.1, -0.05) is 42.5 Å². The fourth-order valence-electron chi connectivity index (χ4n) is 2.76. The molecule has 0 aliphatic carbocycles. The molecule has 0 saturated carbocycles. The summed E-state index contributed by atoms with van der Waals surface area (Å²) < 4.78 is 16.3. The molecule has 178 valence electrons. The molecule has 4 atom stereocenters. The minimum atomic E-state index is -2.96. The molecule has 2 aromatic rings. The monoisotopic (exact) mass is 477 g/mol. The van der Waals surface area contributed by atoms with Gasteiger partial charge in [0.25, 0.3) is 0 Å². The number of aromatic hydroxyl groups is 1. The van der Waals surface area contributed by atoms with E-state index in [1.165, 1.54) is 26.0 Å². The Morgan fingerprint density at radius 1 is 0.909 bits per heavy atom.